The van der Waals surface area contributed by atoms with Gasteiger partial charge in [-0.2, -0.15) is 0 Å². The normalized spacial score (nSPS) is 11.9. The summed E-state index contributed by atoms with van der Waals surface area (Å²) in [6, 6.07) is 71.0. The lowest BCUT2D eigenvalue weighted by Crippen LogP contribution is -2.01. The zero-order chi connectivity index (χ0) is 40.7. The summed E-state index contributed by atoms with van der Waals surface area (Å²) in [5, 5.41) is 11.9. The number of hydrogen-bond donors (Lipinski definition) is 0. The van der Waals surface area contributed by atoms with Gasteiger partial charge in [0.25, 0.3) is 0 Å². The fourth-order valence-corrected chi connectivity index (χ4v) is 10.7. The molecule has 5 heteroatoms. The van der Waals surface area contributed by atoms with E-state index in [9.17, 15) is 0 Å². The molecule has 0 bridgehead atoms. The van der Waals surface area contributed by atoms with Crippen LogP contribution in [0.5, 0.6) is 0 Å². The first-order valence-corrected chi connectivity index (χ1v) is 21.7. The van der Waals surface area contributed by atoms with E-state index in [-0.39, 0.29) is 0 Å². The van der Waals surface area contributed by atoms with Gasteiger partial charge < -0.3 is 4.42 Å². The molecule has 3 heterocycles. The highest BCUT2D eigenvalue weighted by Gasteiger charge is 2.21. The topological polar surface area (TPSA) is 51.8 Å². The monoisotopic (exact) mass is 807 g/mol. The summed E-state index contributed by atoms with van der Waals surface area (Å²) in [7, 11) is 0. The predicted octanol–water partition coefficient (Wildman–Crippen LogP) is 15.9. The van der Waals surface area contributed by atoms with Crippen molar-refractivity contribution >= 4 is 85.8 Å². The maximum atomic E-state index is 6.65. The molecule has 0 fully saturated rings. The molecule has 0 radical (unpaired) electrons. The van der Waals surface area contributed by atoms with Crippen molar-refractivity contribution in [1.82, 2.24) is 15.0 Å². The Balaban J connectivity index is 1.03. The average Bonchev–Trinajstić information content (AvgIpc) is 3.92. The van der Waals surface area contributed by atoms with Crippen LogP contribution in [0, 0.1) is 0 Å². The first-order chi connectivity index (χ1) is 30.7. The molecule has 0 atom stereocenters. The molecule has 0 saturated heterocycles. The molecule has 4 nitrogen and oxygen atoms in total. The minimum atomic E-state index is 0.612. The molecule has 0 saturated carbocycles. The molecule has 13 rings (SSSR count). The number of rotatable bonds is 5. The first-order valence-electron chi connectivity index (χ1n) is 20.8. The van der Waals surface area contributed by atoms with Crippen LogP contribution in [0.1, 0.15) is 0 Å². The van der Waals surface area contributed by atoms with Crippen LogP contribution in [0.3, 0.4) is 0 Å². The van der Waals surface area contributed by atoms with Gasteiger partial charge in [-0.05, 0) is 91.0 Å². The van der Waals surface area contributed by atoms with Crippen LogP contribution in [0.4, 0.5) is 0 Å². The molecule has 0 amide bonds. The minimum Gasteiger partial charge on any atom is -0.456 e. The largest absolute Gasteiger partial charge is 0.456 e. The van der Waals surface area contributed by atoms with Crippen LogP contribution < -0.4 is 0 Å². The number of thiophene rings is 1. The van der Waals surface area contributed by atoms with E-state index >= 15 is 0 Å². The van der Waals surface area contributed by atoms with Crippen molar-refractivity contribution in [3.63, 3.8) is 0 Å². The molecule has 13 aromatic rings. The van der Waals surface area contributed by atoms with Crippen molar-refractivity contribution in [2.45, 2.75) is 0 Å². The standard InChI is InChI=1S/C57H33N3OS/c1-2-15-35(16-3-1)55-58-56(60-57(59-55)45-24-13-27-52-54(45)44-22-10-11-26-51(44)62-52)43-21-9-8-20-40(43)42-23-12-25-50-53(42)48-32-36(29-31-49(48)61-50)46-33-47-37-17-5-4-14-34(37)28-30-41(47)38-18-6-7-19-39(38)46/h1-33H. The third-order valence-corrected chi connectivity index (χ3v) is 13.5. The van der Waals surface area contributed by atoms with Gasteiger partial charge in [-0.3, -0.25) is 0 Å². The summed E-state index contributed by atoms with van der Waals surface area (Å²) in [5.41, 5.74) is 8.91. The molecule has 0 aliphatic heterocycles. The van der Waals surface area contributed by atoms with Gasteiger partial charge in [-0.1, -0.05) is 164 Å². The highest BCUT2D eigenvalue weighted by Crippen LogP contribution is 2.45. The lowest BCUT2D eigenvalue weighted by molar-refractivity contribution is 0.669. The number of furan rings is 1. The van der Waals surface area contributed by atoms with Crippen LogP contribution in [-0.4, -0.2) is 15.0 Å². The lowest BCUT2D eigenvalue weighted by atomic mass is 9.90. The fraction of sp³-hybridized carbons (Fsp3) is 0. The van der Waals surface area contributed by atoms with Crippen molar-refractivity contribution in [2.75, 3.05) is 0 Å². The van der Waals surface area contributed by atoms with E-state index in [1.807, 2.05) is 18.2 Å². The van der Waals surface area contributed by atoms with Crippen molar-refractivity contribution in [1.29, 1.82) is 0 Å². The number of hydrogen-bond acceptors (Lipinski definition) is 5. The molecule has 288 valence electrons. The second-order valence-electron chi connectivity index (χ2n) is 15.8. The Kier molecular flexibility index (Phi) is 7.74. The summed E-state index contributed by atoms with van der Waals surface area (Å²) in [6.07, 6.45) is 0. The smallest absolute Gasteiger partial charge is 0.164 e. The van der Waals surface area contributed by atoms with Gasteiger partial charge >= 0.3 is 0 Å². The maximum absolute atomic E-state index is 6.65. The van der Waals surface area contributed by atoms with E-state index in [1.165, 1.54) is 52.7 Å². The number of nitrogens with zero attached hydrogens (tertiary/aromatic N) is 3. The Labute approximate surface area is 360 Å². The van der Waals surface area contributed by atoms with E-state index in [0.29, 0.717) is 17.5 Å². The van der Waals surface area contributed by atoms with Gasteiger partial charge in [-0.15, -0.1) is 11.3 Å². The zero-order valence-corrected chi connectivity index (χ0v) is 34.0. The van der Waals surface area contributed by atoms with Gasteiger partial charge in [0, 0.05) is 47.6 Å². The summed E-state index contributed by atoms with van der Waals surface area (Å²) in [5.74, 6) is 1.88. The summed E-state index contributed by atoms with van der Waals surface area (Å²) in [6.45, 7) is 0. The van der Waals surface area contributed by atoms with Crippen molar-refractivity contribution in [2.24, 2.45) is 0 Å². The van der Waals surface area contributed by atoms with E-state index in [2.05, 4.69) is 182 Å². The molecule has 0 unspecified atom stereocenters. The molecule has 0 N–H and O–H groups in total. The predicted molar refractivity (Wildman–Crippen MR) is 260 cm³/mol. The van der Waals surface area contributed by atoms with Crippen molar-refractivity contribution < 1.29 is 4.42 Å². The van der Waals surface area contributed by atoms with Crippen LogP contribution in [0.25, 0.3) is 131 Å². The minimum absolute atomic E-state index is 0.612. The van der Waals surface area contributed by atoms with Crippen molar-refractivity contribution in [3.8, 4) is 56.4 Å². The Morgan fingerprint density at radius 2 is 0.952 bits per heavy atom. The highest BCUT2D eigenvalue weighted by atomic mass is 32.1. The van der Waals surface area contributed by atoms with Gasteiger partial charge in [-0.25, -0.2) is 15.0 Å². The first kappa shape index (κ1) is 34.8. The molecular formula is C57H33N3OS. The van der Waals surface area contributed by atoms with Crippen LogP contribution >= 0.6 is 11.3 Å². The summed E-state index contributed by atoms with van der Waals surface area (Å²) >= 11 is 1.79. The van der Waals surface area contributed by atoms with Gasteiger partial charge in [0.15, 0.2) is 17.5 Å². The molecule has 0 spiro atoms. The quantitative estimate of drug-likeness (QED) is 0.163. The Morgan fingerprint density at radius 1 is 0.306 bits per heavy atom. The van der Waals surface area contributed by atoms with E-state index in [0.717, 1.165) is 60.7 Å². The highest BCUT2D eigenvalue weighted by molar-refractivity contribution is 7.25. The lowest BCUT2D eigenvalue weighted by Gasteiger charge is -2.14. The molecule has 0 aliphatic rings. The molecule has 10 aromatic carbocycles. The number of fused-ring (bicyclic) bond motifs is 11. The SMILES string of the molecule is c1ccc(-c2nc(-c3ccccc3-c3cccc4oc5ccc(-c6cc7c8ccccc8ccc7c7ccccc67)cc5c34)nc(-c3cccc4sc5ccccc5c34)n2)cc1. The van der Waals surface area contributed by atoms with Crippen molar-refractivity contribution in [3.05, 3.63) is 200 Å². The van der Waals surface area contributed by atoms with Crippen LogP contribution in [-0.2, 0) is 0 Å². The summed E-state index contributed by atoms with van der Waals surface area (Å²) < 4.78 is 9.09. The average molecular weight is 808 g/mol. The van der Waals surface area contributed by atoms with Gasteiger partial charge in [0.2, 0.25) is 0 Å². The molecule has 3 aromatic heterocycles. The Bertz CT molecular complexity index is 3940. The molecular weight excluding hydrogens is 775 g/mol. The fourth-order valence-electron chi connectivity index (χ4n) is 9.53. The Morgan fingerprint density at radius 3 is 1.84 bits per heavy atom. The second-order valence-corrected chi connectivity index (χ2v) is 16.9. The number of aromatic nitrogens is 3. The zero-order valence-electron chi connectivity index (χ0n) is 33.2. The van der Waals surface area contributed by atoms with Crippen LogP contribution in [0.2, 0.25) is 0 Å². The third-order valence-electron chi connectivity index (χ3n) is 12.3. The van der Waals surface area contributed by atoms with Crippen LogP contribution in [0.15, 0.2) is 205 Å². The second kappa shape index (κ2) is 13.8. The van der Waals surface area contributed by atoms with Gasteiger partial charge in [0.1, 0.15) is 11.2 Å². The van der Waals surface area contributed by atoms with Gasteiger partial charge in [0.05, 0.1) is 0 Å². The van der Waals surface area contributed by atoms with E-state index in [4.69, 9.17) is 19.4 Å². The van der Waals surface area contributed by atoms with E-state index < -0.39 is 0 Å². The molecule has 0 aliphatic carbocycles. The Hall–Kier alpha value is -7.99. The third kappa shape index (κ3) is 5.42. The molecule has 62 heavy (non-hydrogen) atoms. The van der Waals surface area contributed by atoms with E-state index in [1.54, 1.807) is 11.3 Å². The summed E-state index contributed by atoms with van der Waals surface area (Å²) in [4.78, 5) is 15.8. The maximum Gasteiger partial charge on any atom is 0.164 e. The number of benzene rings is 10.